The Labute approximate surface area is 158 Å². The SMILES string of the molecule is COCc1ccc(C(=O)OCC(=O)N(CCC#N)c2ccc(C)cc2)cc1. The average molecular weight is 366 g/mol. The van der Waals surface area contributed by atoms with E-state index in [-0.39, 0.29) is 18.9 Å². The summed E-state index contributed by atoms with van der Waals surface area (Å²) in [5, 5.41) is 8.83. The molecule has 140 valence electrons. The molecule has 1 amide bonds. The molecule has 2 aromatic rings. The molecule has 0 N–H and O–H groups in total. The van der Waals surface area contributed by atoms with E-state index in [1.165, 1.54) is 4.90 Å². The average Bonchev–Trinajstić information content (AvgIpc) is 2.68. The van der Waals surface area contributed by atoms with Gasteiger partial charge < -0.3 is 14.4 Å². The molecule has 0 atom stereocenters. The summed E-state index contributed by atoms with van der Waals surface area (Å²) in [5.41, 5.74) is 3.03. The number of carbonyl (C=O) groups excluding carboxylic acids is 2. The Hall–Kier alpha value is -3.17. The zero-order valence-electron chi connectivity index (χ0n) is 15.5. The van der Waals surface area contributed by atoms with Gasteiger partial charge in [-0.1, -0.05) is 29.8 Å². The molecular formula is C21H22N2O4. The van der Waals surface area contributed by atoms with Gasteiger partial charge in [0.05, 0.1) is 24.7 Å². The fraction of sp³-hybridized carbons (Fsp3) is 0.286. The van der Waals surface area contributed by atoms with Crippen molar-refractivity contribution in [1.29, 1.82) is 5.26 Å². The molecule has 0 saturated heterocycles. The van der Waals surface area contributed by atoms with Gasteiger partial charge in [0.2, 0.25) is 0 Å². The molecule has 0 aliphatic carbocycles. The third-order valence-electron chi connectivity index (χ3n) is 3.92. The third kappa shape index (κ3) is 5.94. The van der Waals surface area contributed by atoms with Crippen molar-refractivity contribution in [2.75, 3.05) is 25.2 Å². The largest absolute Gasteiger partial charge is 0.452 e. The second-order valence-corrected chi connectivity index (χ2v) is 6.00. The van der Waals surface area contributed by atoms with Crippen molar-refractivity contribution in [1.82, 2.24) is 0 Å². The lowest BCUT2D eigenvalue weighted by Gasteiger charge is -2.21. The number of aryl methyl sites for hydroxylation is 1. The maximum Gasteiger partial charge on any atom is 0.338 e. The molecule has 0 saturated carbocycles. The molecule has 0 aliphatic rings. The van der Waals surface area contributed by atoms with Crippen molar-refractivity contribution in [3.63, 3.8) is 0 Å². The van der Waals surface area contributed by atoms with Crippen LogP contribution in [0.2, 0.25) is 0 Å². The van der Waals surface area contributed by atoms with Crippen molar-refractivity contribution in [3.05, 3.63) is 65.2 Å². The molecule has 0 radical (unpaired) electrons. The highest BCUT2D eigenvalue weighted by Crippen LogP contribution is 2.16. The van der Waals surface area contributed by atoms with E-state index in [1.54, 1.807) is 43.5 Å². The van der Waals surface area contributed by atoms with Gasteiger partial charge in [-0.2, -0.15) is 5.26 Å². The number of benzene rings is 2. The first-order valence-electron chi connectivity index (χ1n) is 8.54. The zero-order valence-corrected chi connectivity index (χ0v) is 15.5. The minimum atomic E-state index is -0.573. The predicted molar refractivity (Wildman–Crippen MR) is 101 cm³/mol. The Morgan fingerprint density at radius 2 is 1.74 bits per heavy atom. The highest BCUT2D eigenvalue weighted by molar-refractivity contribution is 5.97. The van der Waals surface area contributed by atoms with E-state index in [4.69, 9.17) is 14.7 Å². The molecule has 0 aromatic heterocycles. The second kappa shape index (κ2) is 10.1. The van der Waals surface area contributed by atoms with Crippen LogP contribution >= 0.6 is 0 Å². The van der Waals surface area contributed by atoms with Crippen molar-refractivity contribution < 1.29 is 19.1 Å². The highest BCUT2D eigenvalue weighted by atomic mass is 16.5. The Morgan fingerprint density at radius 1 is 1.07 bits per heavy atom. The van der Waals surface area contributed by atoms with Crippen molar-refractivity contribution in [2.45, 2.75) is 20.0 Å². The van der Waals surface area contributed by atoms with Crippen molar-refractivity contribution in [3.8, 4) is 6.07 Å². The van der Waals surface area contributed by atoms with Crippen LogP contribution in [-0.2, 0) is 20.9 Å². The van der Waals surface area contributed by atoms with Crippen LogP contribution in [0.1, 0.15) is 27.9 Å². The summed E-state index contributed by atoms with van der Waals surface area (Å²) in [4.78, 5) is 26.1. The van der Waals surface area contributed by atoms with E-state index in [2.05, 4.69) is 0 Å². The first-order chi connectivity index (χ1) is 13.0. The molecule has 0 bridgehead atoms. The van der Waals surface area contributed by atoms with E-state index in [1.807, 2.05) is 25.1 Å². The molecule has 2 aromatic carbocycles. The Kier molecular flexibility index (Phi) is 7.53. The fourth-order valence-electron chi connectivity index (χ4n) is 2.48. The van der Waals surface area contributed by atoms with Crippen LogP contribution in [0, 0.1) is 18.3 Å². The van der Waals surface area contributed by atoms with Gasteiger partial charge in [0.25, 0.3) is 5.91 Å². The Bertz CT molecular complexity index is 808. The predicted octanol–water partition coefficient (Wildman–Crippen LogP) is 3.25. The number of nitriles is 1. The van der Waals surface area contributed by atoms with Gasteiger partial charge >= 0.3 is 5.97 Å². The van der Waals surface area contributed by atoms with Gasteiger partial charge in [0.1, 0.15) is 0 Å². The number of methoxy groups -OCH3 is 1. The Balaban J connectivity index is 2.00. The molecule has 0 spiro atoms. The normalized spacial score (nSPS) is 10.1. The molecule has 0 unspecified atom stereocenters. The van der Waals surface area contributed by atoms with Crippen molar-refractivity contribution >= 4 is 17.6 Å². The fourth-order valence-corrected chi connectivity index (χ4v) is 2.48. The van der Waals surface area contributed by atoms with E-state index in [9.17, 15) is 9.59 Å². The summed E-state index contributed by atoms with van der Waals surface area (Å²) in [6.45, 7) is 2.25. The van der Waals surface area contributed by atoms with Gasteiger partial charge in [-0.05, 0) is 36.8 Å². The minimum absolute atomic E-state index is 0.189. The van der Waals surface area contributed by atoms with Gasteiger partial charge in [-0.15, -0.1) is 0 Å². The molecule has 2 rings (SSSR count). The lowest BCUT2D eigenvalue weighted by molar-refractivity contribution is -0.121. The number of amides is 1. The molecule has 6 heteroatoms. The van der Waals surface area contributed by atoms with Crippen LogP contribution in [0.25, 0.3) is 0 Å². The first kappa shape index (κ1) is 20.1. The maximum absolute atomic E-state index is 12.5. The maximum atomic E-state index is 12.5. The lowest BCUT2D eigenvalue weighted by Crippen LogP contribution is -2.35. The van der Waals surface area contributed by atoms with Crippen LogP contribution in [-0.4, -0.2) is 32.1 Å². The molecule has 0 fully saturated rings. The highest BCUT2D eigenvalue weighted by Gasteiger charge is 2.18. The summed E-state index contributed by atoms with van der Waals surface area (Å²) in [5.74, 6) is -0.949. The lowest BCUT2D eigenvalue weighted by atomic mass is 10.1. The summed E-state index contributed by atoms with van der Waals surface area (Å²) in [7, 11) is 1.60. The van der Waals surface area contributed by atoms with Gasteiger partial charge in [-0.3, -0.25) is 4.79 Å². The van der Waals surface area contributed by atoms with E-state index >= 15 is 0 Å². The monoisotopic (exact) mass is 366 g/mol. The number of anilines is 1. The van der Waals surface area contributed by atoms with Crippen molar-refractivity contribution in [2.24, 2.45) is 0 Å². The van der Waals surface area contributed by atoms with Crippen LogP contribution in [0.3, 0.4) is 0 Å². The molecule has 0 aliphatic heterocycles. The van der Waals surface area contributed by atoms with Crippen LogP contribution < -0.4 is 4.90 Å². The van der Waals surface area contributed by atoms with E-state index in [0.717, 1.165) is 11.1 Å². The Morgan fingerprint density at radius 3 is 2.33 bits per heavy atom. The van der Waals surface area contributed by atoms with Gasteiger partial charge in [-0.25, -0.2) is 4.79 Å². The number of rotatable bonds is 8. The smallest absolute Gasteiger partial charge is 0.338 e. The van der Waals surface area contributed by atoms with E-state index < -0.39 is 12.6 Å². The number of esters is 1. The second-order valence-electron chi connectivity index (χ2n) is 6.00. The number of nitrogens with zero attached hydrogens (tertiary/aromatic N) is 2. The standard InChI is InChI=1S/C21H22N2O4/c1-16-4-10-19(11-5-16)23(13-3-12-22)20(24)15-27-21(25)18-8-6-17(7-9-18)14-26-2/h4-11H,3,13-15H2,1-2H3. The molecule has 6 nitrogen and oxygen atoms in total. The van der Waals surface area contributed by atoms with Crippen LogP contribution in [0.15, 0.2) is 48.5 Å². The van der Waals surface area contributed by atoms with E-state index in [0.29, 0.717) is 17.9 Å². The summed E-state index contributed by atoms with van der Waals surface area (Å²) in [6.07, 6.45) is 0.189. The summed E-state index contributed by atoms with van der Waals surface area (Å²) >= 11 is 0. The van der Waals surface area contributed by atoms with Gasteiger partial charge in [0, 0.05) is 19.3 Å². The third-order valence-corrected chi connectivity index (χ3v) is 3.92. The molecule has 0 heterocycles. The minimum Gasteiger partial charge on any atom is -0.452 e. The number of hydrogen-bond donors (Lipinski definition) is 0. The zero-order chi connectivity index (χ0) is 19.6. The van der Waals surface area contributed by atoms with Crippen LogP contribution in [0.4, 0.5) is 5.69 Å². The number of carbonyl (C=O) groups is 2. The quantitative estimate of drug-likeness (QED) is 0.670. The summed E-state index contributed by atoms with van der Waals surface area (Å²) in [6, 6.07) is 16.2. The topological polar surface area (TPSA) is 79.6 Å². The number of hydrogen-bond acceptors (Lipinski definition) is 5. The molecule has 27 heavy (non-hydrogen) atoms. The first-order valence-corrected chi connectivity index (χ1v) is 8.54. The number of ether oxygens (including phenoxy) is 2. The van der Waals surface area contributed by atoms with Crippen LogP contribution in [0.5, 0.6) is 0 Å². The summed E-state index contributed by atoms with van der Waals surface area (Å²) < 4.78 is 10.2. The van der Waals surface area contributed by atoms with Gasteiger partial charge in [0.15, 0.2) is 6.61 Å². The molecular weight excluding hydrogens is 344 g/mol.